The van der Waals surface area contributed by atoms with Crippen LogP contribution in [0.5, 0.6) is 0 Å². The maximum atomic E-state index is 13.3. The summed E-state index contributed by atoms with van der Waals surface area (Å²) in [6, 6.07) is 19.7. The lowest BCUT2D eigenvalue weighted by Crippen LogP contribution is -2.40. The topological polar surface area (TPSA) is 123 Å². The zero-order valence-electron chi connectivity index (χ0n) is 23.2. The van der Waals surface area contributed by atoms with Gasteiger partial charge in [0, 0.05) is 24.1 Å². The standard InChI is InChI=1S/C30H32ClN3O6S/c1-20-32-28(33-40-20)23-8-6-10-26(18-23)41(37,38)25-13-11-21(12-14-25)15-16-34(29(36)39-30(2,3)4)19-27(35)22-7-5-9-24(31)17-22/h5-14,17-18,27,35H,15-16,19H2,1-4H3. The van der Waals surface area contributed by atoms with E-state index in [0.717, 1.165) is 5.56 Å². The van der Waals surface area contributed by atoms with Gasteiger partial charge < -0.3 is 19.3 Å². The van der Waals surface area contributed by atoms with Crippen LogP contribution in [0.15, 0.2) is 87.1 Å². The van der Waals surface area contributed by atoms with Crippen LogP contribution in [-0.2, 0) is 21.0 Å². The fraction of sp³-hybridized carbons (Fsp3) is 0.300. The monoisotopic (exact) mass is 597 g/mol. The molecule has 1 amide bonds. The van der Waals surface area contributed by atoms with Crippen molar-refractivity contribution in [3.05, 3.63) is 94.8 Å². The van der Waals surface area contributed by atoms with Crippen LogP contribution in [0.25, 0.3) is 11.4 Å². The lowest BCUT2D eigenvalue weighted by Gasteiger charge is -2.29. The molecule has 1 aromatic heterocycles. The number of sulfone groups is 1. The summed E-state index contributed by atoms with van der Waals surface area (Å²) < 4.78 is 37.2. The average Bonchev–Trinajstić information content (AvgIpc) is 3.36. The summed E-state index contributed by atoms with van der Waals surface area (Å²) in [5.41, 5.74) is 1.21. The summed E-state index contributed by atoms with van der Waals surface area (Å²) in [5.74, 6) is 0.693. The summed E-state index contributed by atoms with van der Waals surface area (Å²) in [7, 11) is -3.81. The Morgan fingerprint density at radius 3 is 2.39 bits per heavy atom. The molecule has 1 N–H and O–H groups in total. The third-order valence-electron chi connectivity index (χ3n) is 6.11. The molecule has 0 saturated carbocycles. The maximum Gasteiger partial charge on any atom is 0.410 e. The van der Waals surface area contributed by atoms with Gasteiger partial charge in [-0.05, 0) is 74.7 Å². The van der Waals surface area contributed by atoms with Gasteiger partial charge in [0.15, 0.2) is 0 Å². The Balaban J connectivity index is 1.48. The first-order valence-electron chi connectivity index (χ1n) is 13.0. The number of benzene rings is 3. The number of ether oxygens (including phenoxy) is 1. The number of halogens is 1. The fourth-order valence-corrected chi connectivity index (χ4v) is 5.57. The minimum Gasteiger partial charge on any atom is -0.444 e. The highest BCUT2D eigenvalue weighted by Crippen LogP contribution is 2.26. The molecule has 0 spiro atoms. The first-order chi connectivity index (χ1) is 19.3. The van der Waals surface area contributed by atoms with Gasteiger partial charge in [0.25, 0.3) is 0 Å². The highest BCUT2D eigenvalue weighted by atomic mass is 35.5. The SMILES string of the molecule is Cc1nc(-c2cccc(S(=O)(=O)c3ccc(CCN(CC(O)c4cccc(Cl)c4)C(=O)OC(C)(C)C)cc3)c2)no1. The fourth-order valence-electron chi connectivity index (χ4n) is 4.07. The lowest BCUT2D eigenvalue weighted by molar-refractivity contribution is 0.0147. The van der Waals surface area contributed by atoms with E-state index in [0.29, 0.717) is 34.3 Å². The number of amides is 1. The summed E-state index contributed by atoms with van der Waals surface area (Å²) in [5, 5.41) is 15.1. The molecule has 1 heterocycles. The first kappa shape index (κ1) is 30.2. The molecule has 216 valence electrons. The van der Waals surface area contributed by atoms with Crippen molar-refractivity contribution in [3.63, 3.8) is 0 Å². The molecule has 1 atom stereocenters. The van der Waals surface area contributed by atoms with Crippen molar-refractivity contribution in [3.8, 4) is 11.4 Å². The van der Waals surface area contributed by atoms with Crippen LogP contribution >= 0.6 is 11.6 Å². The average molecular weight is 598 g/mol. The highest BCUT2D eigenvalue weighted by Gasteiger charge is 2.25. The predicted octanol–water partition coefficient (Wildman–Crippen LogP) is 6.04. The number of aryl methyl sites for hydroxylation is 1. The van der Waals surface area contributed by atoms with Crippen molar-refractivity contribution < 1.29 is 27.6 Å². The van der Waals surface area contributed by atoms with Gasteiger partial charge >= 0.3 is 6.09 Å². The molecule has 41 heavy (non-hydrogen) atoms. The molecule has 0 fully saturated rings. The van der Waals surface area contributed by atoms with Crippen molar-refractivity contribution in [2.45, 2.75) is 55.6 Å². The van der Waals surface area contributed by atoms with E-state index in [1.165, 1.54) is 29.2 Å². The van der Waals surface area contributed by atoms with E-state index in [-0.39, 0.29) is 22.9 Å². The van der Waals surface area contributed by atoms with Gasteiger partial charge in [-0.3, -0.25) is 0 Å². The van der Waals surface area contributed by atoms with E-state index in [1.54, 1.807) is 76.2 Å². The smallest absolute Gasteiger partial charge is 0.410 e. The second kappa shape index (κ2) is 12.4. The van der Waals surface area contributed by atoms with Gasteiger partial charge in [0.1, 0.15) is 5.60 Å². The van der Waals surface area contributed by atoms with Gasteiger partial charge in [-0.2, -0.15) is 4.98 Å². The number of nitrogens with zero attached hydrogens (tertiary/aromatic N) is 3. The van der Waals surface area contributed by atoms with Gasteiger partial charge in [-0.1, -0.05) is 53.2 Å². The maximum absolute atomic E-state index is 13.3. The van der Waals surface area contributed by atoms with E-state index in [2.05, 4.69) is 10.1 Å². The van der Waals surface area contributed by atoms with E-state index >= 15 is 0 Å². The molecule has 0 aliphatic heterocycles. The minimum atomic E-state index is -3.81. The van der Waals surface area contributed by atoms with Crippen molar-refractivity contribution in [1.29, 1.82) is 0 Å². The van der Waals surface area contributed by atoms with Crippen LogP contribution in [-0.4, -0.2) is 53.3 Å². The summed E-state index contributed by atoms with van der Waals surface area (Å²) in [6.07, 6.45) is -1.12. The minimum absolute atomic E-state index is 0.00202. The summed E-state index contributed by atoms with van der Waals surface area (Å²) in [6.45, 7) is 7.22. The summed E-state index contributed by atoms with van der Waals surface area (Å²) in [4.78, 5) is 18.8. The number of hydrogen-bond acceptors (Lipinski definition) is 8. The second-order valence-electron chi connectivity index (χ2n) is 10.6. The number of aromatic nitrogens is 2. The van der Waals surface area contributed by atoms with Crippen molar-refractivity contribution in [1.82, 2.24) is 15.0 Å². The third kappa shape index (κ3) is 7.93. The number of rotatable bonds is 9. The quantitative estimate of drug-likeness (QED) is 0.247. The van der Waals surface area contributed by atoms with Crippen LogP contribution in [0.1, 0.15) is 43.9 Å². The largest absolute Gasteiger partial charge is 0.444 e. The molecule has 1 unspecified atom stereocenters. The van der Waals surface area contributed by atoms with Crippen LogP contribution < -0.4 is 0 Å². The van der Waals surface area contributed by atoms with Gasteiger partial charge in [0.05, 0.1) is 22.4 Å². The van der Waals surface area contributed by atoms with Crippen LogP contribution in [0.3, 0.4) is 0 Å². The van der Waals surface area contributed by atoms with Gasteiger partial charge in [-0.25, -0.2) is 13.2 Å². The molecule has 4 aromatic rings. The Bertz CT molecular complexity index is 1610. The van der Waals surface area contributed by atoms with Crippen molar-refractivity contribution >= 4 is 27.5 Å². The Morgan fingerprint density at radius 1 is 1.05 bits per heavy atom. The molecule has 0 saturated heterocycles. The number of carbonyl (C=O) groups excluding carboxylic acids is 1. The molecule has 9 nitrogen and oxygen atoms in total. The van der Waals surface area contributed by atoms with Crippen molar-refractivity contribution in [2.75, 3.05) is 13.1 Å². The predicted molar refractivity (Wildman–Crippen MR) is 154 cm³/mol. The van der Waals surface area contributed by atoms with E-state index in [1.807, 2.05) is 0 Å². The zero-order valence-corrected chi connectivity index (χ0v) is 24.8. The number of aliphatic hydroxyl groups is 1. The van der Waals surface area contributed by atoms with Crippen LogP contribution in [0.4, 0.5) is 4.79 Å². The zero-order chi connectivity index (χ0) is 29.8. The number of hydrogen-bond donors (Lipinski definition) is 1. The highest BCUT2D eigenvalue weighted by molar-refractivity contribution is 7.91. The Morgan fingerprint density at radius 2 is 1.76 bits per heavy atom. The normalized spacial score (nSPS) is 12.6. The molecule has 0 aliphatic carbocycles. The molecule has 0 radical (unpaired) electrons. The Hall–Kier alpha value is -3.73. The van der Waals surface area contributed by atoms with Crippen LogP contribution in [0.2, 0.25) is 5.02 Å². The van der Waals surface area contributed by atoms with Gasteiger partial charge in [-0.15, -0.1) is 0 Å². The van der Waals surface area contributed by atoms with Crippen LogP contribution in [0, 0.1) is 6.92 Å². The second-order valence-corrected chi connectivity index (χ2v) is 12.9. The Kier molecular flexibility index (Phi) is 9.16. The molecule has 4 rings (SSSR count). The molecule has 0 aliphatic rings. The molecular weight excluding hydrogens is 566 g/mol. The lowest BCUT2D eigenvalue weighted by atomic mass is 10.1. The van der Waals surface area contributed by atoms with E-state index in [9.17, 15) is 18.3 Å². The summed E-state index contributed by atoms with van der Waals surface area (Å²) >= 11 is 6.07. The Labute approximate surface area is 244 Å². The van der Waals surface area contributed by atoms with E-state index < -0.39 is 27.6 Å². The molecule has 0 bridgehead atoms. The number of aliphatic hydroxyl groups excluding tert-OH is 1. The number of carbonyl (C=O) groups is 1. The van der Waals surface area contributed by atoms with Gasteiger partial charge in [0.2, 0.25) is 21.6 Å². The first-order valence-corrected chi connectivity index (χ1v) is 14.8. The molecule has 11 heteroatoms. The molecule has 3 aromatic carbocycles. The van der Waals surface area contributed by atoms with Crippen molar-refractivity contribution in [2.24, 2.45) is 0 Å². The van der Waals surface area contributed by atoms with E-state index in [4.69, 9.17) is 20.9 Å². The molecular formula is C30H32ClN3O6S. The third-order valence-corrected chi connectivity index (χ3v) is 8.12.